The molecule has 1 unspecified atom stereocenters. The van der Waals surface area contributed by atoms with Crippen molar-refractivity contribution in [2.75, 3.05) is 6.61 Å². The Hall–Kier alpha value is -1.70. The summed E-state index contributed by atoms with van der Waals surface area (Å²) in [4.78, 5) is 1.11. The second kappa shape index (κ2) is 7.68. The van der Waals surface area contributed by atoms with Crippen molar-refractivity contribution in [2.45, 2.75) is 36.4 Å². The first-order valence-corrected chi connectivity index (χ1v) is 10.1. The van der Waals surface area contributed by atoms with Crippen molar-refractivity contribution in [1.29, 1.82) is 0 Å². The van der Waals surface area contributed by atoms with E-state index in [1.807, 2.05) is 23.6 Å². The zero-order chi connectivity index (χ0) is 17.1. The lowest BCUT2D eigenvalue weighted by atomic mass is 10.2. The van der Waals surface area contributed by atoms with Crippen molar-refractivity contribution >= 4 is 23.1 Å². The van der Waals surface area contributed by atoms with Gasteiger partial charge in [-0.1, -0.05) is 30.0 Å². The molecular weight excluding hydrogens is 357 g/mol. The summed E-state index contributed by atoms with van der Waals surface area (Å²) in [6, 6.07) is 10.7. The molecule has 130 valence electrons. The quantitative estimate of drug-likeness (QED) is 0.590. The first kappa shape index (κ1) is 16.8. The minimum Gasteiger partial charge on any atom is -0.376 e. The summed E-state index contributed by atoms with van der Waals surface area (Å²) in [6.07, 6.45) is 2.41. The Labute approximate surface area is 154 Å². The Kier molecular flexibility index (Phi) is 5.14. The zero-order valence-corrected chi connectivity index (χ0v) is 15.2. The van der Waals surface area contributed by atoms with Crippen molar-refractivity contribution in [3.63, 3.8) is 0 Å². The number of hydrogen-bond donors (Lipinski definition) is 0. The first-order valence-electron chi connectivity index (χ1n) is 8.25. The molecule has 3 heterocycles. The van der Waals surface area contributed by atoms with Gasteiger partial charge >= 0.3 is 0 Å². The van der Waals surface area contributed by atoms with Gasteiger partial charge in [-0.2, -0.15) is 0 Å². The minimum atomic E-state index is -0.213. The maximum atomic E-state index is 13.1. The topological polar surface area (TPSA) is 39.9 Å². The van der Waals surface area contributed by atoms with Gasteiger partial charge < -0.3 is 4.74 Å². The molecule has 0 amide bonds. The van der Waals surface area contributed by atoms with Gasteiger partial charge in [0.25, 0.3) is 0 Å². The van der Waals surface area contributed by atoms with Crippen LogP contribution in [0.1, 0.15) is 18.4 Å². The lowest BCUT2D eigenvalue weighted by molar-refractivity contribution is 0.0953. The van der Waals surface area contributed by atoms with Gasteiger partial charge in [-0.15, -0.1) is 21.5 Å². The van der Waals surface area contributed by atoms with Crippen LogP contribution in [-0.4, -0.2) is 27.5 Å². The van der Waals surface area contributed by atoms with E-state index >= 15 is 0 Å². The predicted octanol–water partition coefficient (Wildman–Crippen LogP) is 4.62. The molecule has 0 radical (unpaired) electrons. The summed E-state index contributed by atoms with van der Waals surface area (Å²) in [5.74, 6) is 1.41. The van der Waals surface area contributed by atoms with E-state index in [-0.39, 0.29) is 11.9 Å². The monoisotopic (exact) mass is 375 g/mol. The third-order valence-corrected chi connectivity index (χ3v) is 6.05. The highest BCUT2D eigenvalue weighted by atomic mass is 32.2. The summed E-state index contributed by atoms with van der Waals surface area (Å²) in [5, 5.41) is 11.7. The molecular formula is C18H18FN3OS2. The number of ether oxygens (including phenoxy) is 1. The number of benzene rings is 1. The Morgan fingerprint density at radius 2 is 2.12 bits per heavy atom. The van der Waals surface area contributed by atoms with Crippen LogP contribution < -0.4 is 0 Å². The fraction of sp³-hybridized carbons (Fsp3) is 0.333. The second-order valence-electron chi connectivity index (χ2n) is 5.94. The highest BCUT2D eigenvalue weighted by Gasteiger charge is 2.22. The highest BCUT2D eigenvalue weighted by Crippen LogP contribution is 2.30. The van der Waals surface area contributed by atoms with Crippen molar-refractivity contribution < 1.29 is 9.13 Å². The summed E-state index contributed by atoms with van der Waals surface area (Å²) in [5.41, 5.74) is 1.07. The van der Waals surface area contributed by atoms with Crippen LogP contribution in [0.4, 0.5) is 4.39 Å². The van der Waals surface area contributed by atoms with Gasteiger partial charge in [0, 0.05) is 12.4 Å². The molecule has 0 bridgehead atoms. The fourth-order valence-corrected chi connectivity index (χ4v) is 4.49. The van der Waals surface area contributed by atoms with Crippen LogP contribution in [0.5, 0.6) is 0 Å². The Morgan fingerprint density at radius 3 is 2.84 bits per heavy atom. The van der Waals surface area contributed by atoms with Gasteiger partial charge in [-0.05, 0) is 42.0 Å². The maximum absolute atomic E-state index is 13.1. The van der Waals surface area contributed by atoms with Gasteiger partial charge in [0.05, 0.1) is 17.5 Å². The van der Waals surface area contributed by atoms with Gasteiger partial charge in [-0.3, -0.25) is 4.57 Å². The third-order valence-electron chi connectivity index (χ3n) is 4.15. The smallest absolute Gasteiger partial charge is 0.191 e. The van der Waals surface area contributed by atoms with E-state index in [0.717, 1.165) is 53.2 Å². The number of halogens is 1. The molecule has 1 aromatic carbocycles. The number of aromatic nitrogens is 3. The Balaban J connectivity index is 1.56. The molecule has 0 aliphatic carbocycles. The SMILES string of the molecule is Fc1ccc(CSc2nnc(-c3cccs3)n2CC2CCCO2)cc1. The van der Waals surface area contributed by atoms with Crippen molar-refractivity contribution in [1.82, 2.24) is 14.8 Å². The molecule has 2 aromatic heterocycles. The molecule has 0 N–H and O–H groups in total. The van der Waals surface area contributed by atoms with E-state index in [0.29, 0.717) is 0 Å². The van der Waals surface area contributed by atoms with Crippen LogP contribution in [-0.2, 0) is 17.0 Å². The van der Waals surface area contributed by atoms with E-state index in [4.69, 9.17) is 4.74 Å². The third kappa shape index (κ3) is 3.94. The molecule has 4 nitrogen and oxygen atoms in total. The van der Waals surface area contributed by atoms with E-state index in [1.165, 1.54) is 12.1 Å². The molecule has 3 aromatic rings. The van der Waals surface area contributed by atoms with Crippen molar-refractivity contribution in [3.05, 3.63) is 53.2 Å². The molecule has 1 aliphatic rings. The van der Waals surface area contributed by atoms with Crippen LogP contribution in [0.2, 0.25) is 0 Å². The van der Waals surface area contributed by atoms with E-state index < -0.39 is 0 Å². The van der Waals surface area contributed by atoms with Gasteiger partial charge in [0.1, 0.15) is 5.82 Å². The molecule has 0 saturated carbocycles. The molecule has 1 saturated heterocycles. The highest BCUT2D eigenvalue weighted by molar-refractivity contribution is 7.98. The molecule has 7 heteroatoms. The van der Waals surface area contributed by atoms with Crippen LogP contribution >= 0.6 is 23.1 Å². The van der Waals surface area contributed by atoms with Gasteiger partial charge in [-0.25, -0.2) is 4.39 Å². The minimum absolute atomic E-state index is 0.213. The largest absolute Gasteiger partial charge is 0.376 e. The Bertz CT molecular complexity index is 811. The van der Waals surface area contributed by atoms with Crippen LogP contribution in [0.15, 0.2) is 46.9 Å². The Morgan fingerprint density at radius 1 is 1.24 bits per heavy atom. The second-order valence-corrected chi connectivity index (χ2v) is 7.83. The zero-order valence-electron chi connectivity index (χ0n) is 13.6. The first-order chi connectivity index (χ1) is 12.3. The van der Waals surface area contributed by atoms with Gasteiger partial charge in [0.15, 0.2) is 11.0 Å². The summed E-state index contributed by atoms with van der Waals surface area (Å²) in [6.45, 7) is 1.60. The average molecular weight is 375 g/mol. The van der Waals surface area contributed by atoms with Crippen LogP contribution in [0.3, 0.4) is 0 Å². The summed E-state index contributed by atoms with van der Waals surface area (Å²) in [7, 11) is 0. The molecule has 1 atom stereocenters. The van der Waals surface area contributed by atoms with Crippen molar-refractivity contribution in [3.8, 4) is 10.7 Å². The van der Waals surface area contributed by atoms with E-state index in [9.17, 15) is 4.39 Å². The predicted molar refractivity (Wildman–Crippen MR) is 98.3 cm³/mol. The molecule has 1 aliphatic heterocycles. The lowest BCUT2D eigenvalue weighted by Gasteiger charge is -2.14. The number of thioether (sulfide) groups is 1. The molecule has 4 rings (SSSR count). The van der Waals surface area contributed by atoms with E-state index in [1.54, 1.807) is 23.1 Å². The number of hydrogen-bond acceptors (Lipinski definition) is 5. The van der Waals surface area contributed by atoms with Crippen molar-refractivity contribution in [2.24, 2.45) is 0 Å². The number of thiophene rings is 1. The lowest BCUT2D eigenvalue weighted by Crippen LogP contribution is -2.16. The normalized spacial score (nSPS) is 17.2. The number of nitrogens with zero attached hydrogens (tertiary/aromatic N) is 3. The van der Waals surface area contributed by atoms with Gasteiger partial charge in [0.2, 0.25) is 0 Å². The standard InChI is InChI=1S/C18H18FN3OS2/c19-14-7-5-13(6-8-14)12-25-18-21-20-17(16-4-2-10-24-16)22(18)11-15-3-1-9-23-15/h2,4-8,10,15H,1,3,9,11-12H2. The molecule has 1 fully saturated rings. The average Bonchev–Trinajstić information content (AvgIpc) is 3.37. The summed E-state index contributed by atoms with van der Waals surface area (Å²) < 4.78 is 21.0. The molecule has 25 heavy (non-hydrogen) atoms. The van der Waals surface area contributed by atoms with E-state index in [2.05, 4.69) is 20.8 Å². The maximum Gasteiger partial charge on any atom is 0.191 e. The van der Waals surface area contributed by atoms with Crippen LogP contribution in [0, 0.1) is 5.82 Å². The summed E-state index contributed by atoms with van der Waals surface area (Å²) >= 11 is 3.29. The molecule has 0 spiro atoms. The number of rotatable bonds is 6. The fourth-order valence-electron chi connectivity index (χ4n) is 2.87. The van der Waals surface area contributed by atoms with Crippen LogP contribution in [0.25, 0.3) is 10.7 Å².